The average molecular weight is 374 g/mol. The summed E-state index contributed by atoms with van der Waals surface area (Å²) in [5.41, 5.74) is 5.32. The predicted molar refractivity (Wildman–Crippen MR) is 93.9 cm³/mol. The number of hydrogen-bond donors (Lipinski definition) is 6. The summed E-state index contributed by atoms with van der Waals surface area (Å²) < 4.78 is 0. The molecule has 0 aliphatic heterocycles. The topological polar surface area (TPSA) is 171 Å². The lowest BCUT2D eigenvalue weighted by Gasteiger charge is -2.26. The zero-order valence-corrected chi connectivity index (χ0v) is 15.6. The number of aliphatic carboxylic acids is 1. The van der Waals surface area contributed by atoms with Gasteiger partial charge < -0.3 is 31.9 Å². The number of nitrogens with one attached hydrogen (secondary N) is 3. The first-order valence-electron chi connectivity index (χ1n) is 8.51. The first-order valence-corrected chi connectivity index (χ1v) is 8.51. The molecule has 4 unspecified atom stereocenters. The van der Waals surface area contributed by atoms with Crippen LogP contribution < -0.4 is 21.7 Å². The number of aliphatic hydroxyl groups is 1. The van der Waals surface area contributed by atoms with Crippen LogP contribution in [0.5, 0.6) is 0 Å². The molecule has 0 aromatic heterocycles. The fourth-order valence-corrected chi connectivity index (χ4v) is 2.06. The molecule has 3 amide bonds. The van der Waals surface area contributed by atoms with Crippen LogP contribution in [0.4, 0.5) is 0 Å². The van der Waals surface area contributed by atoms with E-state index >= 15 is 0 Å². The van der Waals surface area contributed by atoms with Crippen molar-refractivity contribution in [2.45, 2.75) is 52.2 Å². The number of carboxylic acid groups (broad SMARTS) is 1. The Morgan fingerprint density at radius 2 is 1.58 bits per heavy atom. The van der Waals surface area contributed by atoms with E-state index in [2.05, 4.69) is 16.0 Å². The highest BCUT2D eigenvalue weighted by atomic mass is 16.4. The molecule has 0 fully saturated rings. The van der Waals surface area contributed by atoms with Crippen molar-refractivity contribution < 1.29 is 29.4 Å². The SMILES string of the molecule is CCC(C)C(NC(=O)CNC(=O)C(N)CO)C(=O)NC(C(=O)O)C(C)C. The minimum Gasteiger partial charge on any atom is -0.480 e. The van der Waals surface area contributed by atoms with E-state index in [0.29, 0.717) is 6.42 Å². The van der Waals surface area contributed by atoms with Gasteiger partial charge in [0.25, 0.3) is 0 Å². The van der Waals surface area contributed by atoms with E-state index in [-0.39, 0.29) is 11.8 Å². The lowest BCUT2D eigenvalue weighted by atomic mass is 9.96. The average Bonchev–Trinajstić information content (AvgIpc) is 2.59. The third-order valence-corrected chi connectivity index (χ3v) is 4.00. The lowest BCUT2D eigenvalue weighted by Crippen LogP contribution is -2.56. The van der Waals surface area contributed by atoms with Gasteiger partial charge in [-0.15, -0.1) is 0 Å². The van der Waals surface area contributed by atoms with Crippen molar-refractivity contribution in [3.05, 3.63) is 0 Å². The Morgan fingerprint density at radius 3 is 2.00 bits per heavy atom. The minimum atomic E-state index is -1.16. The molecule has 26 heavy (non-hydrogen) atoms. The molecule has 0 bridgehead atoms. The predicted octanol–water partition coefficient (Wildman–Crippen LogP) is -1.82. The Bertz CT molecular complexity index is 511. The van der Waals surface area contributed by atoms with Crippen LogP contribution in [0.2, 0.25) is 0 Å². The molecular formula is C16H30N4O6. The molecule has 0 aromatic rings. The van der Waals surface area contributed by atoms with E-state index < -0.39 is 55.0 Å². The van der Waals surface area contributed by atoms with Gasteiger partial charge in [-0.3, -0.25) is 14.4 Å². The van der Waals surface area contributed by atoms with E-state index in [0.717, 1.165) is 0 Å². The molecule has 0 aliphatic rings. The van der Waals surface area contributed by atoms with Crippen LogP contribution >= 0.6 is 0 Å². The minimum absolute atomic E-state index is 0.254. The highest BCUT2D eigenvalue weighted by Gasteiger charge is 2.31. The number of carbonyl (C=O) groups excluding carboxylic acids is 3. The molecule has 0 radical (unpaired) electrons. The number of carboxylic acids is 1. The molecule has 10 nitrogen and oxygen atoms in total. The molecule has 7 N–H and O–H groups in total. The monoisotopic (exact) mass is 374 g/mol. The quantitative estimate of drug-likeness (QED) is 0.247. The van der Waals surface area contributed by atoms with Crippen molar-refractivity contribution in [2.75, 3.05) is 13.2 Å². The van der Waals surface area contributed by atoms with Gasteiger partial charge in [-0.2, -0.15) is 0 Å². The summed E-state index contributed by atoms with van der Waals surface area (Å²) in [7, 11) is 0. The van der Waals surface area contributed by atoms with Crippen LogP contribution in [0.15, 0.2) is 0 Å². The molecule has 4 atom stereocenters. The second-order valence-corrected chi connectivity index (χ2v) is 6.51. The second-order valence-electron chi connectivity index (χ2n) is 6.51. The maximum atomic E-state index is 12.5. The van der Waals surface area contributed by atoms with E-state index in [1.165, 1.54) is 0 Å². The molecule has 0 aliphatic carbocycles. The van der Waals surface area contributed by atoms with Gasteiger partial charge in [0, 0.05) is 0 Å². The number of hydrogen-bond acceptors (Lipinski definition) is 6. The molecule has 0 rings (SSSR count). The van der Waals surface area contributed by atoms with Gasteiger partial charge in [-0.1, -0.05) is 34.1 Å². The van der Waals surface area contributed by atoms with Crippen LogP contribution in [0.3, 0.4) is 0 Å². The maximum absolute atomic E-state index is 12.5. The fraction of sp³-hybridized carbons (Fsp3) is 0.750. The van der Waals surface area contributed by atoms with Crippen LogP contribution in [-0.2, 0) is 19.2 Å². The van der Waals surface area contributed by atoms with Crippen molar-refractivity contribution in [2.24, 2.45) is 17.6 Å². The number of aliphatic hydroxyl groups excluding tert-OH is 1. The third-order valence-electron chi connectivity index (χ3n) is 4.00. The number of amides is 3. The number of rotatable bonds is 11. The van der Waals surface area contributed by atoms with Crippen molar-refractivity contribution in [1.82, 2.24) is 16.0 Å². The third kappa shape index (κ3) is 7.79. The summed E-state index contributed by atoms with van der Waals surface area (Å²) in [5.74, 6) is -3.67. The Labute approximate surface area is 152 Å². The van der Waals surface area contributed by atoms with Gasteiger partial charge in [0.05, 0.1) is 13.2 Å². The summed E-state index contributed by atoms with van der Waals surface area (Å²) in [6, 6.07) is -3.16. The Morgan fingerprint density at radius 1 is 1.00 bits per heavy atom. The normalized spacial score (nSPS) is 15.5. The zero-order valence-electron chi connectivity index (χ0n) is 15.6. The van der Waals surface area contributed by atoms with Crippen LogP contribution in [0.1, 0.15) is 34.1 Å². The van der Waals surface area contributed by atoms with Crippen LogP contribution in [0.25, 0.3) is 0 Å². The van der Waals surface area contributed by atoms with E-state index in [1.54, 1.807) is 20.8 Å². The van der Waals surface area contributed by atoms with Gasteiger partial charge in [0.1, 0.15) is 18.1 Å². The Kier molecular flexibility index (Phi) is 10.5. The van der Waals surface area contributed by atoms with Gasteiger partial charge >= 0.3 is 5.97 Å². The summed E-state index contributed by atoms with van der Waals surface area (Å²) >= 11 is 0. The van der Waals surface area contributed by atoms with E-state index in [9.17, 15) is 24.3 Å². The molecule has 150 valence electrons. The molecule has 0 saturated carbocycles. The van der Waals surface area contributed by atoms with Gasteiger partial charge in [-0.05, 0) is 11.8 Å². The summed E-state index contributed by atoms with van der Waals surface area (Å²) in [6.07, 6.45) is 0.569. The van der Waals surface area contributed by atoms with E-state index in [1.807, 2.05) is 6.92 Å². The number of nitrogens with two attached hydrogens (primary N) is 1. The summed E-state index contributed by atoms with van der Waals surface area (Å²) in [5, 5.41) is 25.2. The van der Waals surface area contributed by atoms with Crippen LogP contribution in [0, 0.1) is 11.8 Å². The first kappa shape index (κ1) is 23.8. The molecule has 0 spiro atoms. The Hall–Kier alpha value is -2.20. The highest BCUT2D eigenvalue weighted by molar-refractivity contribution is 5.92. The van der Waals surface area contributed by atoms with Crippen molar-refractivity contribution in [3.63, 3.8) is 0 Å². The zero-order chi connectivity index (χ0) is 20.4. The van der Waals surface area contributed by atoms with Crippen molar-refractivity contribution in [3.8, 4) is 0 Å². The van der Waals surface area contributed by atoms with Crippen LogP contribution in [-0.4, -0.2) is 65.2 Å². The second kappa shape index (κ2) is 11.4. The number of carbonyl (C=O) groups is 4. The lowest BCUT2D eigenvalue weighted by molar-refractivity contribution is -0.143. The molecular weight excluding hydrogens is 344 g/mol. The molecule has 0 heterocycles. The van der Waals surface area contributed by atoms with E-state index in [4.69, 9.17) is 10.8 Å². The largest absolute Gasteiger partial charge is 0.480 e. The standard InChI is InChI=1S/C16H30N4O6/c1-5-9(4)13(15(24)20-12(8(2)3)16(25)26)19-11(22)6-18-14(23)10(17)7-21/h8-10,12-13,21H,5-7,17H2,1-4H3,(H,18,23)(H,19,22)(H,20,24)(H,25,26). The van der Waals surface area contributed by atoms with Crippen molar-refractivity contribution in [1.29, 1.82) is 0 Å². The highest BCUT2D eigenvalue weighted by Crippen LogP contribution is 2.10. The smallest absolute Gasteiger partial charge is 0.326 e. The molecule has 10 heteroatoms. The van der Waals surface area contributed by atoms with Gasteiger partial charge in [0.15, 0.2) is 0 Å². The summed E-state index contributed by atoms with van der Waals surface area (Å²) in [4.78, 5) is 47.2. The molecule has 0 aromatic carbocycles. The fourth-order valence-electron chi connectivity index (χ4n) is 2.06. The Balaban J connectivity index is 4.94. The van der Waals surface area contributed by atoms with Crippen molar-refractivity contribution >= 4 is 23.7 Å². The summed E-state index contributed by atoms with van der Waals surface area (Å²) in [6.45, 7) is 5.92. The molecule has 0 saturated heterocycles. The van der Waals surface area contributed by atoms with Gasteiger partial charge in [0.2, 0.25) is 17.7 Å². The van der Waals surface area contributed by atoms with Gasteiger partial charge in [-0.25, -0.2) is 4.79 Å². The maximum Gasteiger partial charge on any atom is 0.326 e. The first-order chi connectivity index (χ1) is 12.0.